The lowest BCUT2D eigenvalue weighted by molar-refractivity contribution is -0.127. The summed E-state index contributed by atoms with van der Waals surface area (Å²) < 4.78 is 29.8. The highest BCUT2D eigenvalue weighted by molar-refractivity contribution is 6.00. The second-order valence-electron chi connectivity index (χ2n) is 8.93. The van der Waals surface area contributed by atoms with E-state index in [0.29, 0.717) is 42.3 Å². The summed E-state index contributed by atoms with van der Waals surface area (Å²) in [6.45, 7) is 2.22. The van der Waals surface area contributed by atoms with Gasteiger partial charge in [-0.3, -0.25) is 19.1 Å². The van der Waals surface area contributed by atoms with E-state index in [-0.39, 0.29) is 34.9 Å². The molecule has 12 nitrogen and oxygen atoms in total. The Morgan fingerprint density at radius 3 is 2.76 bits per heavy atom. The first-order valence-electron chi connectivity index (χ1n) is 13.5. The lowest BCUT2D eigenvalue weighted by atomic mass is 10.1. The van der Waals surface area contributed by atoms with Crippen LogP contribution in [0.25, 0.3) is 11.3 Å². The van der Waals surface area contributed by atoms with Gasteiger partial charge in [0.05, 0.1) is 43.0 Å². The van der Waals surface area contributed by atoms with E-state index in [0.717, 1.165) is 18.5 Å². The third-order valence-corrected chi connectivity index (χ3v) is 6.37. The van der Waals surface area contributed by atoms with Crippen molar-refractivity contribution >= 4 is 34.9 Å². The molecule has 38 heavy (non-hydrogen) atoms. The Hall–Kier alpha value is -4.74. The average molecular weight is 520 g/mol. The molecule has 1 saturated carbocycles. The summed E-state index contributed by atoms with van der Waals surface area (Å²) in [5.41, 5.74) is 2.33. The Morgan fingerprint density at radius 1 is 1.18 bits per heavy atom. The molecule has 196 valence electrons. The van der Waals surface area contributed by atoms with Crippen LogP contribution in [0, 0.1) is 5.92 Å². The summed E-state index contributed by atoms with van der Waals surface area (Å²) in [6.07, 6.45) is 2.86. The zero-order valence-corrected chi connectivity index (χ0v) is 20.7. The molecule has 5 rings (SSSR count). The topological polar surface area (TPSA) is 143 Å². The van der Waals surface area contributed by atoms with Crippen molar-refractivity contribution in [1.29, 1.82) is 0 Å². The minimum Gasteiger partial charge on any atom is -0.494 e. The summed E-state index contributed by atoms with van der Waals surface area (Å²) in [7, 11) is 1.48. The smallest absolute Gasteiger partial charge is 0.273 e. The predicted octanol–water partition coefficient (Wildman–Crippen LogP) is 2.33. The van der Waals surface area contributed by atoms with Crippen molar-refractivity contribution in [3.63, 3.8) is 0 Å². The number of fused-ring (bicyclic) bond motifs is 1. The molecular weight excluding hydrogens is 488 g/mol. The van der Waals surface area contributed by atoms with Crippen LogP contribution in [0.1, 0.15) is 33.1 Å². The standard InChI is InChI=1S/C26H28N8O4/c1-4-22(35)33-10-11-34-16(14-33)12-19(32-34)17-6-5-7-18(24(17)38-3)28-20-13-21(29-25(36)15-8-9-15)30-31-23(20)26(37)27-2/h4-7,12-13,15H,1,8-11,14H2,2-3H3,(H,27,37)(H2,28,29,30,36)/i2D3. The molecule has 3 heterocycles. The molecule has 0 spiro atoms. The molecule has 3 amide bonds. The van der Waals surface area contributed by atoms with Crippen molar-refractivity contribution in [3.05, 3.63) is 54.4 Å². The van der Waals surface area contributed by atoms with Gasteiger partial charge in [-0.25, -0.2) is 0 Å². The molecule has 12 heteroatoms. The van der Waals surface area contributed by atoms with E-state index in [1.807, 2.05) is 22.1 Å². The fourth-order valence-corrected chi connectivity index (χ4v) is 4.27. The number of aromatic nitrogens is 4. The van der Waals surface area contributed by atoms with Crippen LogP contribution >= 0.6 is 0 Å². The molecule has 3 N–H and O–H groups in total. The van der Waals surface area contributed by atoms with Gasteiger partial charge in [0.1, 0.15) is 0 Å². The first kappa shape index (κ1) is 21.4. The van der Waals surface area contributed by atoms with Crippen LogP contribution in [0.5, 0.6) is 5.75 Å². The maximum atomic E-state index is 12.8. The van der Waals surface area contributed by atoms with Crippen molar-refractivity contribution in [2.75, 3.05) is 31.3 Å². The van der Waals surface area contributed by atoms with E-state index < -0.39 is 12.9 Å². The number of para-hydroxylation sites is 1. The minimum absolute atomic E-state index is 0.0915. The second-order valence-corrected chi connectivity index (χ2v) is 8.93. The van der Waals surface area contributed by atoms with Gasteiger partial charge in [-0.05, 0) is 37.1 Å². The van der Waals surface area contributed by atoms with Gasteiger partial charge in [-0.15, -0.1) is 10.2 Å². The van der Waals surface area contributed by atoms with Gasteiger partial charge in [-0.1, -0.05) is 12.6 Å². The highest BCUT2D eigenvalue weighted by Crippen LogP contribution is 2.38. The van der Waals surface area contributed by atoms with E-state index in [2.05, 4.69) is 27.4 Å². The zero-order chi connectivity index (χ0) is 29.3. The van der Waals surface area contributed by atoms with Crippen LogP contribution in [0.4, 0.5) is 17.2 Å². The Balaban J connectivity index is 1.48. The monoisotopic (exact) mass is 519 g/mol. The summed E-state index contributed by atoms with van der Waals surface area (Å²) >= 11 is 0. The number of nitrogens with one attached hydrogen (secondary N) is 3. The molecule has 0 atom stereocenters. The second kappa shape index (κ2) is 10.3. The molecule has 0 bridgehead atoms. The summed E-state index contributed by atoms with van der Waals surface area (Å²) in [5, 5.41) is 20.2. The van der Waals surface area contributed by atoms with Crippen molar-refractivity contribution in [2.45, 2.75) is 25.9 Å². The highest BCUT2D eigenvalue weighted by Gasteiger charge is 2.30. The van der Waals surface area contributed by atoms with Crippen molar-refractivity contribution < 1.29 is 23.2 Å². The van der Waals surface area contributed by atoms with E-state index in [4.69, 9.17) is 13.9 Å². The van der Waals surface area contributed by atoms with Gasteiger partial charge >= 0.3 is 0 Å². The number of anilines is 3. The Bertz CT molecular complexity index is 1530. The Morgan fingerprint density at radius 2 is 2.03 bits per heavy atom. The number of ether oxygens (including phenoxy) is 1. The van der Waals surface area contributed by atoms with Crippen molar-refractivity contribution in [2.24, 2.45) is 5.92 Å². The molecule has 1 aromatic carbocycles. The summed E-state index contributed by atoms with van der Waals surface area (Å²) in [6, 6.07) is 8.57. The fraction of sp³-hybridized carbons (Fsp3) is 0.308. The van der Waals surface area contributed by atoms with Crippen LogP contribution in [0.2, 0.25) is 0 Å². The molecule has 2 aromatic heterocycles. The maximum Gasteiger partial charge on any atom is 0.273 e. The van der Waals surface area contributed by atoms with Crippen molar-refractivity contribution in [3.8, 4) is 17.0 Å². The molecule has 1 fully saturated rings. The molecule has 1 aliphatic carbocycles. The number of rotatable bonds is 8. The molecule has 2 aliphatic rings. The van der Waals surface area contributed by atoms with Crippen LogP contribution in [-0.2, 0) is 22.7 Å². The largest absolute Gasteiger partial charge is 0.494 e. The highest BCUT2D eigenvalue weighted by atomic mass is 16.5. The number of hydrogen-bond donors (Lipinski definition) is 3. The van der Waals surface area contributed by atoms with Gasteiger partial charge in [0.2, 0.25) is 11.8 Å². The zero-order valence-electron chi connectivity index (χ0n) is 23.7. The number of benzene rings is 1. The van der Waals surface area contributed by atoms with Crippen LogP contribution in [-0.4, -0.2) is 63.2 Å². The minimum atomic E-state index is -2.75. The third kappa shape index (κ3) is 4.92. The third-order valence-electron chi connectivity index (χ3n) is 6.37. The maximum absolute atomic E-state index is 12.8. The molecule has 1 aliphatic heterocycles. The molecular formula is C26H28N8O4. The molecule has 0 radical (unpaired) electrons. The van der Waals surface area contributed by atoms with E-state index in [1.165, 1.54) is 19.3 Å². The van der Waals surface area contributed by atoms with E-state index >= 15 is 0 Å². The SMILES string of the molecule is [2H]C([2H])([2H])NC(=O)c1nnc(NC(=O)C2CC2)cc1Nc1cccc(-c2cc3n(n2)CCN(C(=O)C=C)C3)c1OC. The Labute approximate surface area is 223 Å². The van der Waals surface area contributed by atoms with Crippen molar-refractivity contribution in [1.82, 2.24) is 30.2 Å². The average Bonchev–Trinajstić information content (AvgIpc) is 3.70. The lowest BCUT2D eigenvalue weighted by Crippen LogP contribution is -2.37. The number of methoxy groups -OCH3 is 1. The molecule has 3 aromatic rings. The number of amides is 3. The fourth-order valence-electron chi connectivity index (χ4n) is 4.27. The van der Waals surface area contributed by atoms with Gasteiger partial charge < -0.3 is 25.6 Å². The van der Waals surface area contributed by atoms with Crippen LogP contribution in [0.15, 0.2) is 43.0 Å². The molecule has 0 unspecified atom stereocenters. The van der Waals surface area contributed by atoms with Crippen LogP contribution in [0.3, 0.4) is 0 Å². The number of nitrogens with zero attached hydrogens (tertiary/aromatic N) is 5. The molecule has 0 saturated heterocycles. The van der Waals surface area contributed by atoms with Crippen LogP contribution < -0.4 is 20.7 Å². The van der Waals surface area contributed by atoms with Gasteiger partial charge in [0.25, 0.3) is 5.91 Å². The van der Waals surface area contributed by atoms with E-state index in [1.54, 1.807) is 17.0 Å². The number of carbonyl (C=O) groups is 3. The normalized spacial score (nSPS) is 15.8. The quantitative estimate of drug-likeness (QED) is 0.385. The number of hydrogen-bond acceptors (Lipinski definition) is 8. The summed E-state index contributed by atoms with van der Waals surface area (Å²) in [4.78, 5) is 38.9. The van der Waals surface area contributed by atoms with Gasteiger partial charge in [0.15, 0.2) is 17.3 Å². The van der Waals surface area contributed by atoms with Gasteiger partial charge in [-0.2, -0.15) is 5.10 Å². The first-order chi connectivity index (χ1) is 19.6. The first-order valence-corrected chi connectivity index (χ1v) is 12.0. The summed E-state index contributed by atoms with van der Waals surface area (Å²) in [5.74, 6) is -0.932. The van der Waals surface area contributed by atoms with Gasteiger partial charge in [0, 0.05) is 35.2 Å². The predicted molar refractivity (Wildman–Crippen MR) is 140 cm³/mol. The number of carbonyl (C=O) groups excluding carboxylic acids is 3. The lowest BCUT2D eigenvalue weighted by Gasteiger charge is -2.26. The Kier molecular flexibility index (Phi) is 5.80. The van der Waals surface area contributed by atoms with E-state index in [9.17, 15) is 14.4 Å².